The summed E-state index contributed by atoms with van der Waals surface area (Å²) in [5.41, 5.74) is -0.00648. The van der Waals surface area contributed by atoms with Crippen molar-refractivity contribution in [1.29, 1.82) is 0 Å². The van der Waals surface area contributed by atoms with E-state index in [-0.39, 0.29) is 22.2 Å². The maximum atomic E-state index is 11.9. The van der Waals surface area contributed by atoms with Gasteiger partial charge in [0.15, 0.2) is 0 Å². The van der Waals surface area contributed by atoms with Crippen LogP contribution < -0.4 is 5.32 Å². The maximum Gasteiger partial charge on any atom is 0.271 e. The Hall–Kier alpha value is -1.33. The molecule has 1 aromatic rings. The molecule has 0 saturated heterocycles. The number of alkyl halides is 1. The van der Waals surface area contributed by atoms with Crippen molar-refractivity contribution in [1.82, 2.24) is 5.32 Å². The molecule has 0 saturated carbocycles. The zero-order valence-electron chi connectivity index (χ0n) is 11.1. The van der Waals surface area contributed by atoms with Crippen LogP contribution in [0.3, 0.4) is 0 Å². The second-order valence-corrected chi connectivity index (χ2v) is 5.36. The van der Waals surface area contributed by atoms with E-state index in [1.54, 1.807) is 0 Å². The number of nitro groups is 1. The Labute approximate surface area is 127 Å². The lowest BCUT2D eigenvalue weighted by molar-refractivity contribution is -0.384. The van der Waals surface area contributed by atoms with Crippen LogP contribution in [0.5, 0.6) is 0 Å². The van der Waals surface area contributed by atoms with Gasteiger partial charge < -0.3 is 5.32 Å². The Balaban J connectivity index is 2.57. The number of non-ortho nitro benzene ring substituents is 1. The van der Waals surface area contributed by atoms with Crippen LogP contribution >= 0.6 is 23.2 Å². The normalized spacial score (nSPS) is 11.9. The molecule has 7 heteroatoms. The number of rotatable bonds is 7. The molecule has 1 amide bonds. The van der Waals surface area contributed by atoms with Crippen LogP contribution in [0, 0.1) is 16.0 Å². The van der Waals surface area contributed by atoms with Gasteiger partial charge in [0.2, 0.25) is 0 Å². The van der Waals surface area contributed by atoms with Crippen molar-refractivity contribution in [3.8, 4) is 0 Å². The molecule has 1 unspecified atom stereocenters. The zero-order valence-corrected chi connectivity index (χ0v) is 12.6. The summed E-state index contributed by atoms with van der Waals surface area (Å²) >= 11 is 11.4. The topological polar surface area (TPSA) is 72.2 Å². The van der Waals surface area contributed by atoms with Crippen LogP contribution in [0.1, 0.15) is 30.1 Å². The number of hydrogen-bond acceptors (Lipinski definition) is 3. The Morgan fingerprint density at radius 1 is 1.45 bits per heavy atom. The van der Waals surface area contributed by atoms with Crippen molar-refractivity contribution < 1.29 is 9.72 Å². The van der Waals surface area contributed by atoms with Crippen molar-refractivity contribution in [2.24, 2.45) is 5.92 Å². The molecule has 110 valence electrons. The second kappa shape index (κ2) is 8.07. The first-order valence-corrected chi connectivity index (χ1v) is 7.14. The number of nitrogens with one attached hydrogen (secondary N) is 1. The molecular weight excluding hydrogens is 303 g/mol. The molecule has 0 aliphatic rings. The largest absolute Gasteiger partial charge is 0.352 e. The molecule has 1 atom stereocenters. The summed E-state index contributed by atoms with van der Waals surface area (Å²) in [6.45, 7) is 2.54. The molecule has 0 radical (unpaired) electrons. The van der Waals surface area contributed by atoms with Crippen LogP contribution in [0.25, 0.3) is 0 Å². The SMILES string of the molecule is CC(CCl)CCCNC(=O)c1cc(Cl)cc([N+](=O)[O-])c1. The summed E-state index contributed by atoms with van der Waals surface area (Å²) < 4.78 is 0. The van der Waals surface area contributed by atoms with E-state index in [4.69, 9.17) is 23.2 Å². The lowest BCUT2D eigenvalue weighted by atomic mass is 10.1. The first-order chi connectivity index (χ1) is 9.43. The van der Waals surface area contributed by atoms with Gasteiger partial charge in [0.25, 0.3) is 11.6 Å². The van der Waals surface area contributed by atoms with Crippen LogP contribution in [0.15, 0.2) is 18.2 Å². The number of carbonyl (C=O) groups excluding carboxylic acids is 1. The van der Waals surface area contributed by atoms with E-state index in [0.717, 1.165) is 12.8 Å². The predicted octanol–water partition coefficient (Wildman–Crippen LogP) is 3.63. The molecule has 1 rings (SSSR count). The molecule has 0 bridgehead atoms. The van der Waals surface area contributed by atoms with Gasteiger partial charge in [-0.25, -0.2) is 0 Å². The summed E-state index contributed by atoms with van der Waals surface area (Å²) in [5.74, 6) is 0.629. The summed E-state index contributed by atoms with van der Waals surface area (Å²) in [6, 6.07) is 3.83. The third kappa shape index (κ3) is 5.35. The molecule has 0 heterocycles. The first kappa shape index (κ1) is 16.7. The molecule has 0 aliphatic carbocycles. The monoisotopic (exact) mass is 318 g/mol. The number of benzene rings is 1. The van der Waals surface area contributed by atoms with Crippen molar-refractivity contribution in [2.45, 2.75) is 19.8 Å². The van der Waals surface area contributed by atoms with Crippen molar-refractivity contribution in [3.05, 3.63) is 38.9 Å². The molecule has 1 N–H and O–H groups in total. The van der Waals surface area contributed by atoms with Crippen molar-refractivity contribution in [2.75, 3.05) is 12.4 Å². The fourth-order valence-electron chi connectivity index (χ4n) is 1.64. The van der Waals surface area contributed by atoms with Crippen molar-refractivity contribution in [3.63, 3.8) is 0 Å². The third-order valence-corrected chi connectivity index (χ3v) is 3.52. The van der Waals surface area contributed by atoms with E-state index in [9.17, 15) is 14.9 Å². The number of amides is 1. The average molecular weight is 319 g/mol. The second-order valence-electron chi connectivity index (χ2n) is 4.61. The molecule has 5 nitrogen and oxygen atoms in total. The predicted molar refractivity (Wildman–Crippen MR) is 79.6 cm³/mol. The van der Waals surface area contributed by atoms with Gasteiger partial charge in [0, 0.05) is 35.1 Å². The minimum absolute atomic E-state index is 0.167. The van der Waals surface area contributed by atoms with Crippen LogP contribution in [0.4, 0.5) is 5.69 Å². The van der Waals surface area contributed by atoms with E-state index < -0.39 is 4.92 Å². The van der Waals surface area contributed by atoms with E-state index in [1.165, 1.54) is 18.2 Å². The molecule has 0 aromatic heterocycles. The zero-order chi connectivity index (χ0) is 15.1. The molecule has 0 spiro atoms. The van der Waals surface area contributed by atoms with Gasteiger partial charge in [-0.3, -0.25) is 14.9 Å². The van der Waals surface area contributed by atoms with Gasteiger partial charge in [0.1, 0.15) is 0 Å². The van der Waals surface area contributed by atoms with Gasteiger partial charge in [-0.2, -0.15) is 0 Å². The van der Waals surface area contributed by atoms with Gasteiger partial charge in [-0.05, 0) is 24.8 Å². The number of nitro benzene ring substituents is 1. The highest BCUT2D eigenvalue weighted by Gasteiger charge is 2.13. The summed E-state index contributed by atoms with van der Waals surface area (Å²) in [5, 5.41) is 13.6. The van der Waals surface area contributed by atoms with Gasteiger partial charge in [-0.1, -0.05) is 18.5 Å². The number of carbonyl (C=O) groups is 1. The van der Waals surface area contributed by atoms with E-state index >= 15 is 0 Å². The Kier molecular flexibility index (Phi) is 6.75. The Morgan fingerprint density at radius 3 is 2.75 bits per heavy atom. The highest BCUT2D eigenvalue weighted by molar-refractivity contribution is 6.31. The van der Waals surface area contributed by atoms with Crippen LogP contribution in [-0.4, -0.2) is 23.3 Å². The van der Waals surface area contributed by atoms with E-state index in [2.05, 4.69) is 5.32 Å². The van der Waals surface area contributed by atoms with Crippen LogP contribution in [-0.2, 0) is 0 Å². The minimum atomic E-state index is -0.579. The van der Waals surface area contributed by atoms with E-state index in [1.807, 2.05) is 6.92 Å². The lowest BCUT2D eigenvalue weighted by Gasteiger charge is -2.08. The Morgan fingerprint density at radius 2 is 2.15 bits per heavy atom. The standard InChI is InChI=1S/C13H16Cl2N2O3/c1-9(8-14)3-2-4-16-13(18)10-5-11(15)7-12(6-10)17(19)20/h5-7,9H,2-4,8H2,1H3,(H,16,18). The highest BCUT2D eigenvalue weighted by Crippen LogP contribution is 2.20. The lowest BCUT2D eigenvalue weighted by Crippen LogP contribution is -2.24. The summed E-state index contributed by atoms with van der Waals surface area (Å²) in [7, 11) is 0. The fraction of sp³-hybridized carbons (Fsp3) is 0.462. The fourth-order valence-corrected chi connectivity index (χ4v) is 2.03. The summed E-state index contributed by atoms with van der Waals surface area (Å²) in [4.78, 5) is 22.0. The average Bonchev–Trinajstić information content (AvgIpc) is 2.42. The van der Waals surface area contributed by atoms with E-state index in [0.29, 0.717) is 18.3 Å². The highest BCUT2D eigenvalue weighted by atomic mass is 35.5. The first-order valence-electron chi connectivity index (χ1n) is 6.23. The summed E-state index contributed by atoms with van der Waals surface area (Å²) in [6.07, 6.45) is 1.72. The number of nitrogens with zero attached hydrogens (tertiary/aromatic N) is 1. The van der Waals surface area contributed by atoms with Gasteiger partial charge in [-0.15, -0.1) is 11.6 Å². The third-order valence-electron chi connectivity index (χ3n) is 2.78. The Bertz CT molecular complexity index is 495. The molecule has 1 aromatic carbocycles. The quantitative estimate of drug-likeness (QED) is 0.361. The maximum absolute atomic E-state index is 11.9. The van der Waals surface area contributed by atoms with Crippen LogP contribution in [0.2, 0.25) is 5.02 Å². The number of hydrogen-bond donors (Lipinski definition) is 1. The molecular formula is C13H16Cl2N2O3. The minimum Gasteiger partial charge on any atom is -0.352 e. The number of halogens is 2. The molecule has 0 aliphatic heterocycles. The smallest absolute Gasteiger partial charge is 0.271 e. The molecule has 0 fully saturated rings. The van der Waals surface area contributed by atoms with Gasteiger partial charge >= 0.3 is 0 Å². The van der Waals surface area contributed by atoms with Crippen molar-refractivity contribution >= 4 is 34.8 Å². The molecule has 20 heavy (non-hydrogen) atoms. The van der Waals surface area contributed by atoms with Gasteiger partial charge in [0.05, 0.1) is 4.92 Å².